The molecule has 0 saturated heterocycles. The van der Waals surface area contributed by atoms with Crippen LogP contribution in [-0.4, -0.2) is 27.4 Å². The van der Waals surface area contributed by atoms with Crippen molar-refractivity contribution in [3.8, 4) is 0 Å². The summed E-state index contributed by atoms with van der Waals surface area (Å²) in [4.78, 5) is 13.1. The second-order valence-electron chi connectivity index (χ2n) is 6.99. The number of halogens is 1. The van der Waals surface area contributed by atoms with Crippen molar-refractivity contribution < 1.29 is 4.42 Å². The molecule has 3 rings (SSSR count). The van der Waals surface area contributed by atoms with E-state index in [1.807, 2.05) is 28.9 Å². The predicted molar refractivity (Wildman–Crippen MR) is 102 cm³/mol. The lowest BCUT2D eigenvalue weighted by molar-refractivity contribution is 0.379. The minimum atomic E-state index is -0.0583. The number of nitrogens with one attached hydrogen (secondary N) is 2. The van der Waals surface area contributed by atoms with Gasteiger partial charge in [0, 0.05) is 24.9 Å². The first kappa shape index (κ1) is 18.3. The standard InChI is InChI=1S/C18H23ClN6O/c1-18(2,3)14-8-21-16(26-14)9-23-17(20-4)22-7-13-11-25-10-12(19)5-6-15(25)24-13/h5-6,8,10-11H,7,9H2,1-4H3,(H2,20,22,23). The van der Waals surface area contributed by atoms with E-state index in [-0.39, 0.29) is 5.41 Å². The Morgan fingerprint density at radius 2 is 2.00 bits per heavy atom. The van der Waals surface area contributed by atoms with Crippen LogP contribution in [0.1, 0.15) is 38.1 Å². The maximum absolute atomic E-state index is 6.00. The summed E-state index contributed by atoms with van der Waals surface area (Å²) in [6.45, 7) is 7.27. The van der Waals surface area contributed by atoms with Crippen molar-refractivity contribution in [2.24, 2.45) is 4.99 Å². The van der Waals surface area contributed by atoms with Crippen LogP contribution in [0.3, 0.4) is 0 Å². The molecule has 0 radical (unpaired) electrons. The molecule has 0 bridgehead atoms. The number of aromatic nitrogens is 3. The highest BCUT2D eigenvalue weighted by atomic mass is 35.5. The van der Waals surface area contributed by atoms with Crippen LogP contribution < -0.4 is 10.6 Å². The number of pyridine rings is 1. The monoisotopic (exact) mass is 374 g/mol. The van der Waals surface area contributed by atoms with Crippen molar-refractivity contribution in [1.29, 1.82) is 0 Å². The van der Waals surface area contributed by atoms with E-state index < -0.39 is 0 Å². The number of oxazole rings is 1. The SMILES string of the molecule is CN=C(NCc1cn2cc(Cl)ccc2n1)NCc1ncc(C(C)(C)C)o1. The largest absolute Gasteiger partial charge is 0.443 e. The van der Waals surface area contributed by atoms with Gasteiger partial charge in [-0.1, -0.05) is 32.4 Å². The lowest BCUT2D eigenvalue weighted by Gasteiger charge is -2.13. The van der Waals surface area contributed by atoms with Gasteiger partial charge in [-0.15, -0.1) is 0 Å². The van der Waals surface area contributed by atoms with Crippen LogP contribution in [0, 0.1) is 0 Å². The number of aliphatic imine (C=N–C) groups is 1. The Labute approximate surface area is 157 Å². The third-order valence-electron chi connectivity index (χ3n) is 3.83. The van der Waals surface area contributed by atoms with Gasteiger partial charge in [-0.2, -0.15) is 0 Å². The molecule has 7 nitrogen and oxygen atoms in total. The zero-order chi connectivity index (χ0) is 18.7. The molecule has 26 heavy (non-hydrogen) atoms. The third kappa shape index (κ3) is 4.35. The number of fused-ring (bicyclic) bond motifs is 1. The first-order valence-electron chi connectivity index (χ1n) is 8.38. The Kier molecular flexibility index (Phi) is 5.18. The Morgan fingerprint density at radius 1 is 1.23 bits per heavy atom. The number of rotatable bonds is 4. The van der Waals surface area contributed by atoms with Crippen LogP contribution in [0.25, 0.3) is 5.65 Å². The molecule has 0 aliphatic heterocycles. The fourth-order valence-electron chi connectivity index (χ4n) is 2.40. The summed E-state index contributed by atoms with van der Waals surface area (Å²) in [7, 11) is 1.72. The summed E-state index contributed by atoms with van der Waals surface area (Å²) in [5.41, 5.74) is 1.68. The molecule has 0 fully saturated rings. The normalized spacial score (nSPS) is 12.6. The maximum Gasteiger partial charge on any atom is 0.213 e. The predicted octanol–water partition coefficient (Wildman–Crippen LogP) is 3.14. The van der Waals surface area contributed by atoms with Crippen molar-refractivity contribution in [1.82, 2.24) is 25.0 Å². The van der Waals surface area contributed by atoms with E-state index in [4.69, 9.17) is 16.0 Å². The highest BCUT2D eigenvalue weighted by molar-refractivity contribution is 6.30. The number of imidazole rings is 1. The molecular formula is C18H23ClN6O. The van der Waals surface area contributed by atoms with Crippen LogP contribution in [0.4, 0.5) is 0 Å². The minimum absolute atomic E-state index is 0.0583. The van der Waals surface area contributed by atoms with Gasteiger partial charge in [0.1, 0.15) is 11.4 Å². The van der Waals surface area contributed by atoms with Crippen LogP contribution in [-0.2, 0) is 18.5 Å². The Balaban J connectivity index is 1.56. The van der Waals surface area contributed by atoms with Gasteiger partial charge >= 0.3 is 0 Å². The van der Waals surface area contributed by atoms with Gasteiger partial charge in [0.25, 0.3) is 0 Å². The molecule has 0 aliphatic carbocycles. The van der Waals surface area contributed by atoms with E-state index in [2.05, 4.69) is 46.4 Å². The summed E-state index contributed by atoms with van der Waals surface area (Å²) in [5, 5.41) is 7.09. The lowest BCUT2D eigenvalue weighted by Crippen LogP contribution is -2.36. The van der Waals surface area contributed by atoms with E-state index in [9.17, 15) is 0 Å². The van der Waals surface area contributed by atoms with Gasteiger partial charge < -0.3 is 19.5 Å². The van der Waals surface area contributed by atoms with Gasteiger partial charge in [-0.25, -0.2) is 9.97 Å². The first-order chi connectivity index (χ1) is 12.3. The zero-order valence-corrected chi connectivity index (χ0v) is 16.1. The van der Waals surface area contributed by atoms with E-state index in [1.54, 1.807) is 13.2 Å². The Bertz CT molecular complexity index is 921. The topological polar surface area (TPSA) is 79.8 Å². The lowest BCUT2D eigenvalue weighted by atomic mass is 9.94. The molecule has 138 valence electrons. The van der Waals surface area contributed by atoms with E-state index in [0.717, 1.165) is 17.1 Å². The van der Waals surface area contributed by atoms with E-state index >= 15 is 0 Å². The average molecular weight is 375 g/mol. The second kappa shape index (κ2) is 7.37. The first-order valence-corrected chi connectivity index (χ1v) is 8.76. The van der Waals surface area contributed by atoms with Crippen molar-refractivity contribution in [2.75, 3.05) is 7.05 Å². The highest BCUT2D eigenvalue weighted by Crippen LogP contribution is 2.22. The summed E-state index contributed by atoms with van der Waals surface area (Å²) >= 11 is 6.00. The summed E-state index contributed by atoms with van der Waals surface area (Å²) in [6.07, 6.45) is 5.54. The van der Waals surface area contributed by atoms with Gasteiger partial charge in [0.05, 0.1) is 30.0 Å². The second-order valence-corrected chi connectivity index (χ2v) is 7.43. The minimum Gasteiger partial charge on any atom is -0.443 e. The fourth-order valence-corrected chi connectivity index (χ4v) is 2.56. The quantitative estimate of drug-likeness (QED) is 0.541. The molecular weight excluding hydrogens is 352 g/mol. The van der Waals surface area contributed by atoms with Crippen LogP contribution >= 0.6 is 11.6 Å². The van der Waals surface area contributed by atoms with Crippen LogP contribution in [0.2, 0.25) is 5.02 Å². The van der Waals surface area contributed by atoms with Crippen molar-refractivity contribution in [3.05, 3.63) is 53.1 Å². The molecule has 0 aliphatic rings. The van der Waals surface area contributed by atoms with Crippen molar-refractivity contribution >= 4 is 23.2 Å². The van der Waals surface area contributed by atoms with Crippen LogP contribution in [0.15, 0.2) is 40.1 Å². The maximum atomic E-state index is 6.00. The average Bonchev–Trinajstić information content (AvgIpc) is 3.20. The third-order valence-corrected chi connectivity index (χ3v) is 4.05. The molecule has 0 atom stereocenters. The van der Waals surface area contributed by atoms with Gasteiger partial charge in [0.2, 0.25) is 5.89 Å². The van der Waals surface area contributed by atoms with E-state index in [0.29, 0.717) is 30.0 Å². The molecule has 0 aromatic carbocycles. The fraction of sp³-hybridized carbons (Fsp3) is 0.389. The molecule has 2 N–H and O–H groups in total. The highest BCUT2D eigenvalue weighted by Gasteiger charge is 2.19. The Hall–Kier alpha value is -2.54. The smallest absolute Gasteiger partial charge is 0.213 e. The number of nitrogens with zero attached hydrogens (tertiary/aromatic N) is 4. The zero-order valence-electron chi connectivity index (χ0n) is 15.4. The van der Waals surface area contributed by atoms with Gasteiger partial charge in [-0.3, -0.25) is 4.99 Å². The van der Waals surface area contributed by atoms with Crippen LogP contribution in [0.5, 0.6) is 0 Å². The molecule has 3 aromatic heterocycles. The molecule has 3 heterocycles. The summed E-state index contributed by atoms with van der Waals surface area (Å²) in [5.74, 6) is 2.14. The molecule has 8 heteroatoms. The molecule has 0 spiro atoms. The summed E-state index contributed by atoms with van der Waals surface area (Å²) < 4.78 is 7.67. The van der Waals surface area contributed by atoms with Crippen molar-refractivity contribution in [3.63, 3.8) is 0 Å². The molecule has 3 aromatic rings. The Morgan fingerprint density at radius 3 is 2.69 bits per heavy atom. The van der Waals surface area contributed by atoms with Crippen molar-refractivity contribution in [2.45, 2.75) is 39.3 Å². The molecule has 0 unspecified atom stereocenters. The molecule has 0 amide bonds. The summed E-state index contributed by atoms with van der Waals surface area (Å²) in [6, 6.07) is 3.71. The molecule has 0 saturated carbocycles. The van der Waals surface area contributed by atoms with Gasteiger partial charge in [0.15, 0.2) is 5.96 Å². The number of guanidine groups is 1. The van der Waals surface area contributed by atoms with E-state index in [1.165, 1.54) is 0 Å². The number of hydrogen-bond donors (Lipinski definition) is 2. The van der Waals surface area contributed by atoms with Gasteiger partial charge in [-0.05, 0) is 12.1 Å². The number of hydrogen-bond acceptors (Lipinski definition) is 4.